The first-order chi connectivity index (χ1) is 15.8. The largest absolute Gasteiger partial charge is 0.393 e. The van der Waals surface area contributed by atoms with Gasteiger partial charge in [0.25, 0.3) is 5.56 Å². The van der Waals surface area contributed by atoms with E-state index in [-0.39, 0.29) is 42.3 Å². The summed E-state index contributed by atoms with van der Waals surface area (Å²) in [5.74, 6) is -3.87. The Morgan fingerprint density at radius 3 is 2.53 bits per heavy atom. The smallest absolute Gasteiger partial charge is 0.260 e. The number of alkyl halides is 3. The van der Waals surface area contributed by atoms with Crippen molar-refractivity contribution in [3.63, 3.8) is 0 Å². The fourth-order valence-corrected chi connectivity index (χ4v) is 5.48. The molecule has 9 nitrogen and oxygen atoms in total. The van der Waals surface area contributed by atoms with Crippen molar-refractivity contribution in [2.75, 3.05) is 24.7 Å². The molecule has 184 valence electrons. The van der Waals surface area contributed by atoms with Gasteiger partial charge >= 0.3 is 0 Å². The molecule has 0 aromatic carbocycles. The second kappa shape index (κ2) is 9.12. The molecule has 2 aliphatic rings. The predicted molar refractivity (Wildman–Crippen MR) is 120 cm³/mol. The molecule has 0 spiro atoms. The average Bonchev–Trinajstić information content (AvgIpc) is 2.74. The van der Waals surface area contributed by atoms with E-state index in [9.17, 15) is 31.5 Å². The summed E-state index contributed by atoms with van der Waals surface area (Å²) in [4.78, 5) is 21.5. The summed E-state index contributed by atoms with van der Waals surface area (Å²) in [5.41, 5.74) is -2.23. The summed E-state index contributed by atoms with van der Waals surface area (Å²) in [6.45, 7) is 0.625. The topological polar surface area (TPSA) is 117 Å². The Labute approximate surface area is 195 Å². The number of nitrogens with one attached hydrogen (secondary N) is 1. The lowest BCUT2D eigenvalue weighted by atomic mass is 9.88. The molecule has 1 saturated carbocycles. The molecule has 4 rings (SSSR count). The molecule has 0 bridgehead atoms. The summed E-state index contributed by atoms with van der Waals surface area (Å²) in [6, 6.07) is -0.454. The van der Waals surface area contributed by atoms with Gasteiger partial charge in [-0.15, -0.1) is 0 Å². The van der Waals surface area contributed by atoms with Crippen molar-refractivity contribution in [2.45, 2.75) is 62.3 Å². The van der Waals surface area contributed by atoms with Gasteiger partial charge in [-0.25, -0.2) is 30.9 Å². The fourth-order valence-electron chi connectivity index (χ4n) is 4.61. The third-order valence-corrected chi connectivity index (χ3v) is 7.73. The van der Waals surface area contributed by atoms with E-state index < -0.39 is 45.3 Å². The second-order valence-electron chi connectivity index (χ2n) is 8.96. The van der Waals surface area contributed by atoms with Gasteiger partial charge in [-0.1, -0.05) is 0 Å². The lowest BCUT2D eigenvalue weighted by Crippen LogP contribution is -2.42. The Hall–Kier alpha value is -2.19. The number of piperidine rings is 1. The Morgan fingerprint density at radius 2 is 1.91 bits per heavy atom. The molecule has 0 unspecified atom stereocenters. The molecule has 14 heteroatoms. The molecule has 2 radical (unpaired) electrons. The fraction of sp³-hybridized carbons (Fsp3) is 0.650. The van der Waals surface area contributed by atoms with Crippen molar-refractivity contribution >= 4 is 34.9 Å². The van der Waals surface area contributed by atoms with Gasteiger partial charge in [0.2, 0.25) is 21.8 Å². The minimum absolute atomic E-state index is 0.0296. The van der Waals surface area contributed by atoms with E-state index in [1.807, 2.05) is 0 Å². The van der Waals surface area contributed by atoms with Crippen molar-refractivity contribution in [2.24, 2.45) is 0 Å². The molecular formula is C20H25BF3N5O4S. The van der Waals surface area contributed by atoms with Crippen molar-refractivity contribution in [3.05, 3.63) is 28.2 Å². The molecule has 1 aliphatic heterocycles. The van der Waals surface area contributed by atoms with Crippen LogP contribution in [0.1, 0.15) is 43.7 Å². The molecule has 0 amide bonds. The van der Waals surface area contributed by atoms with Gasteiger partial charge in [0.05, 0.1) is 24.0 Å². The summed E-state index contributed by atoms with van der Waals surface area (Å²) in [7, 11) is 1.62. The summed E-state index contributed by atoms with van der Waals surface area (Å²) >= 11 is 0. The Kier molecular flexibility index (Phi) is 6.68. The minimum Gasteiger partial charge on any atom is -0.393 e. The normalized spacial score (nSPS) is 25.5. The lowest BCUT2D eigenvalue weighted by Gasteiger charge is -2.32. The zero-order valence-electron chi connectivity index (χ0n) is 18.5. The number of anilines is 1. The highest BCUT2D eigenvalue weighted by Gasteiger charge is 2.36. The van der Waals surface area contributed by atoms with Crippen molar-refractivity contribution in [3.8, 4) is 0 Å². The molecule has 34 heavy (non-hydrogen) atoms. The quantitative estimate of drug-likeness (QED) is 0.596. The van der Waals surface area contributed by atoms with E-state index in [1.54, 1.807) is 0 Å². The number of hydrogen-bond acceptors (Lipinski definition) is 7. The molecule has 3 heterocycles. The number of sulfonamides is 1. The Morgan fingerprint density at radius 1 is 1.24 bits per heavy atom. The van der Waals surface area contributed by atoms with Crippen LogP contribution in [0, 0.1) is 0 Å². The van der Waals surface area contributed by atoms with E-state index in [0.717, 1.165) is 16.9 Å². The van der Waals surface area contributed by atoms with E-state index in [1.165, 1.54) is 10.5 Å². The average molecular weight is 499 g/mol. The van der Waals surface area contributed by atoms with E-state index in [0.29, 0.717) is 25.9 Å². The lowest BCUT2D eigenvalue weighted by molar-refractivity contribution is 0.0539. The summed E-state index contributed by atoms with van der Waals surface area (Å²) in [5, 5.41) is 13.2. The van der Waals surface area contributed by atoms with E-state index in [2.05, 4.69) is 15.3 Å². The molecule has 2 fully saturated rings. The van der Waals surface area contributed by atoms with Crippen LogP contribution in [0.5, 0.6) is 0 Å². The van der Waals surface area contributed by atoms with Crippen LogP contribution in [-0.2, 0) is 15.8 Å². The van der Waals surface area contributed by atoms with Crippen molar-refractivity contribution in [1.29, 1.82) is 0 Å². The first-order valence-corrected chi connectivity index (χ1v) is 12.8. The van der Waals surface area contributed by atoms with Gasteiger partial charge in [0, 0.05) is 30.7 Å². The molecule has 2 aromatic rings. The number of hydrogen-bond donors (Lipinski definition) is 2. The van der Waals surface area contributed by atoms with E-state index >= 15 is 0 Å². The van der Waals surface area contributed by atoms with E-state index in [4.69, 9.17) is 7.85 Å². The third kappa shape index (κ3) is 5.08. The van der Waals surface area contributed by atoms with Gasteiger partial charge in [-0.05, 0) is 38.2 Å². The standard InChI is InChI=1S/C20H25BF3N5O4S/c1-34(32,33)28-6-4-12(5-7-28)26-19-25-10-11-8-14(20(21,23)24)18(31)29(17(11)27-19)16-9-13(30)2-3-15(16)22/h8,10,12-13,15-16,30H,2-7,9H2,1H3,(H,25,26,27)/t13-,15+,16+/m1/s1. The monoisotopic (exact) mass is 499 g/mol. The van der Waals surface area contributed by atoms with Gasteiger partial charge in [0.1, 0.15) is 11.8 Å². The van der Waals surface area contributed by atoms with Crippen LogP contribution >= 0.6 is 0 Å². The van der Waals surface area contributed by atoms with Crippen LogP contribution in [0.15, 0.2) is 17.1 Å². The van der Waals surface area contributed by atoms with Gasteiger partial charge in [0.15, 0.2) is 7.85 Å². The van der Waals surface area contributed by atoms with Crippen molar-refractivity contribution in [1.82, 2.24) is 18.8 Å². The zero-order chi connectivity index (χ0) is 24.8. The SMILES string of the molecule is [B]C(F)(F)c1cc2cnc(NC3CCN(S(C)(=O)=O)CC3)nc2n([C@H]2C[C@H](O)CC[C@@H]2F)c1=O. The number of rotatable bonds is 5. The van der Waals surface area contributed by atoms with Crippen LogP contribution in [0.3, 0.4) is 0 Å². The first-order valence-electron chi connectivity index (χ1n) is 11.0. The number of aromatic nitrogens is 3. The maximum atomic E-state index is 14.8. The molecular weight excluding hydrogens is 474 g/mol. The van der Waals surface area contributed by atoms with Gasteiger partial charge in [-0.3, -0.25) is 9.36 Å². The van der Waals surface area contributed by atoms with Crippen LogP contribution < -0.4 is 10.9 Å². The highest BCUT2D eigenvalue weighted by atomic mass is 32.2. The predicted octanol–water partition coefficient (Wildman–Crippen LogP) is 1.27. The molecule has 1 saturated heterocycles. The van der Waals surface area contributed by atoms with Crippen LogP contribution in [-0.4, -0.2) is 77.9 Å². The maximum Gasteiger partial charge on any atom is 0.260 e. The number of aliphatic hydroxyl groups is 1. The highest BCUT2D eigenvalue weighted by molar-refractivity contribution is 7.88. The van der Waals surface area contributed by atoms with Gasteiger partial charge in [-0.2, -0.15) is 4.98 Å². The van der Waals surface area contributed by atoms with Crippen molar-refractivity contribution < 1.29 is 26.7 Å². The number of halogens is 3. The molecule has 2 N–H and O–H groups in total. The van der Waals surface area contributed by atoms with Crippen LogP contribution in [0.2, 0.25) is 0 Å². The number of fused-ring (bicyclic) bond motifs is 1. The summed E-state index contributed by atoms with van der Waals surface area (Å²) in [6.07, 6.45) is 0.968. The minimum atomic E-state index is -3.96. The first kappa shape index (κ1) is 24.9. The molecule has 3 atom stereocenters. The Bertz CT molecular complexity index is 1230. The molecule has 1 aliphatic carbocycles. The molecule has 2 aromatic heterocycles. The maximum absolute atomic E-state index is 14.8. The highest BCUT2D eigenvalue weighted by Crippen LogP contribution is 2.34. The van der Waals surface area contributed by atoms with Crippen LogP contribution in [0.25, 0.3) is 11.0 Å². The number of pyridine rings is 1. The van der Waals surface area contributed by atoms with Crippen LogP contribution in [0.4, 0.5) is 19.1 Å². The third-order valence-electron chi connectivity index (χ3n) is 6.43. The Balaban J connectivity index is 1.72. The summed E-state index contributed by atoms with van der Waals surface area (Å²) < 4.78 is 68.5. The number of nitrogens with zero attached hydrogens (tertiary/aromatic N) is 4. The second-order valence-corrected chi connectivity index (χ2v) is 10.9. The zero-order valence-corrected chi connectivity index (χ0v) is 19.3. The number of aliphatic hydroxyl groups excluding tert-OH is 1. The van der Waals surface area contributed by atoms with Gasteiger partial charge < -0.3 is 10.4 Å².